The zero-order chi connectivity index (χ0) is 10.1. The van der Waals surface area contributed by atoms with Crippen molar-refractivity contribution in [3.8, 4) is 11.8 Å². The van der Waals surface area contributed by atoms with Crippen molar-refractivity contribution >= 4 is 0 Å². The summed E-state index contributed by atoms with van der Waals surface area (Å²) in [5.41, 5.74) is 0.737. The Morgan fingerprint density at radius 3 is 2.50 bits per heavy atom. The molecule has 2 rings (SSSR count). The first-order valence-electron chi connectivity index (χ1n) is 5.00. The predicted octanol–water partition coefficient (Wildman–Crippen LogP) is 1.13. The number of hydrogen-bond acceptors (Lipinski definition) is 3. The van der Waals surface area contributed by atoms with Crippen molar-refractivity contribution in [1.82, 2.24) is 9.88 Å². The highest BCUT2D eigenvalue weighted by Crippen LogP contribution is 2.34. The second-order valence-corrected chi connectivity index (χ2v) is 3.86. The Bertz CT molecular complexity index is 327. The fourth-order valence-corrected chi connectivity index (χ4v) is 2.05. The van der Waals surface area contributed by atoms with E-state index in [0.29, 0.717) is 0 Å². The van der Waals surface area contributed by atoms with E-state index in [-0.39, 0.29) is 17.8 Å². The molecule has 1 fully saturated rings. The molecule has 0 saturated carbocycles. The summed E-state index contributed by atoms with van der Waals surface area (Å²) in [6, 6.07) is 1.84. The third-order valence-corrected chi connectivity index (χ3v) is 2.85. The second-order valence-electron chi connectivity index (χ2n) is 3.86. The fraction of sp³-hybridized carbons (Fsp3) is 0.600. The van der Waals surface area contributed by atoms with Crippen molar-refractivity contribution in [2.75, 3.05) is 13.1 Å². The molecule has 14 heavy (non-hydrogen) atoms. The Balaban J connectivity index is 2.29. The molecule has 0 amide bonds. The Morgan fingerprint density at radius 2 is 2.00 bits per heavy atom. The van der Waals surface area contributed by atoms with Gasteiger partial charge in [0.05, 0.1) is 0 Å². The van der Waals surface area contributed by atoms with Crippen molar-refractivity contribution < 1.29 is 10.2 Å². The van der Waals surface area contributed by atoms with E-state index < -0.39 is 0 Å². The number of piperidine rings is 1. The molecular weight excluding hydrogens is 180 g/mol. The minimum atomic E-state index is 0.173. The number of aromatic nitrogens is 1. The van der Waals surface area contributed by atoms with Crippen LogP contribution < -0.4 is 5.32 Å². The van der Waals surface area contributed by atoms with Gasteiger partial charge in [0.15, 0.2) is 11.8 Å². The third-order valence-electron chi connectivity index (χ3n) is 2.85. The molecular formula is C10H16N2O2. The van der Waals surface area contributed by atoms with E-state index in [1.54, 1.807) is 17.6 Å². The van der Waals surface area contributed by atoms with Gasteiger partial charge in [-0.05, 0) is 32.9 Å². The molecule has 78 valence electrons. The van der Waals surface area contributed by atoms with E-state index in [2.05, 4.69) is 5.32 Å². The van der Waals surface area contributed by atoms with E-state index >= 15 is 0 Å². The van der Waals surface area contributed by atoms with Crippen LogP contribution in [-0.4, -0.2) is 27.9 Å². The van der Waals surface area contributed by atoms with E-state index in [1.165, 1.54) is 0 Å². The summed E-state index contributed by atoms with van der Waals surface area (Å²) < 4.78 is 1.64. The van der Waals surface area contributed by atoms with Gasteiger partial charge < -0.3 is 15.5 Å². The van der Waals surface area contributed by atoms with Crippen LogP contribution in [0.4, 0.5) is 0 Å². The minimum Gasteiger partial charge on any atom is -0.494 e. The quantitative estimate of drug-likeness (QED) is 0.631. The smallest absolute Gasteiger partial charge is 0.197 e. The molecule has 4 heteroatoms. The maximum atomic E-state index is 9.75. The normalized spacial score (nSPS) is 18.6. The van der Waals surface area contributed by atoms with Crippen LogP contribution in [0.5, 0.6) is 11.8 Å². The van der Waals surface area contributed by atoms with Crippen LogP contribution in [0.25, 0.3) is 0 Å². The largest absolute Gasteiger partial charge is 0.494 e. The molecule has 0 aromatic carbocycles. The first-order valence-corrected chi connectivity index (χ1v) is 5.00. The van der Waals surface area contributed by atoms with Crippen molar-refractivity contribution in [2.24, 2.45) is 0 Å². The molecule has 4 nitrogen and oxygen atoms in total. The summed E-state index contributed by atoms with van der Waals surface area (Å²) in [6.07, 6.45) is 1.91. The lowest BCUT2D eigenvalue weighted by Gasteiger charge is -2.25. The Labute approximate surface area is 83.2 Å². The summed E-state index contributed by atoms with van der Waals surface area (Å²) in [4.78, 5) is 0. The van der Waals surface area contributed by atoms with Crippen LogP contribution in [0, 0.1) is 6.92 Å². The third kappa shape index (κ3) is 1.46. The van der Waals surface area contributed by atoms with Gasteiger partial charge in [0.1, 0.15) is 0 Å². The van der Waals surface area contributed by atoms with Gasteiger partial charge in [0.25, 0.3) is 0 Å². The summed E-state index contributed by atoms with van der Waals surface area (Å²) >= 11 is 0. The van der Waals surface area contributed by atoms with Crippen LogP contribution >= 0.6 is 0 Å². The Morgan fingerprint density at radius 1 is 1.36 bits per heavy atom. The molecule has 0 bridgehead atoms. The molecule has 1 aliphatic rings. The predicted molar refractivity (Wildman–Crippen MR) is 53.6 cm³/mol. The average Bonchev–Trinajstić information content (AvgIpc) is 2.43. The number of aryl methyl sites for hydroxylation is 1. The van der Waals surface area contributed by atoms with Gasteiger partial charge in [-0.3, -0.25) is 4.57 Å². The van der Waals surface area contributed by atoms with Crippen molar-refractivity contribution in [2.45, 2.75) is 25.8 Å². The average molecular weight is 196 g/mol. The van der Waals surface area contributed by atoms with Crippen LogP contribution in [0.3, 0.4) is 0 Å². The standard InChI is InChI=1S/C10H16N2O2/c1-7-6-9(13)12(10(7)14)8-2-4-11-5-3-8/h6,8,11,13-14H,2-5H2,1H3. The topological polar surface area (TPSA) is 57.4 Å². The van der Waals surface area contributed by atoms with Crippen LogP contribution in [0.2, 0.25) is 0 Å². The lowest BCUT2D eigenvalue weighted by Crippen LogP contribution is -2.29. The van der Waals surface area contributed by atoms with Gasteiger partial charge in [-0.2, -0.15) is 0 Å². The number of hydrogen-bond donors (Lipinski definition) is 3. The van der Waals surface area contributed by atoms with Gasteiger partial charge in [-0.1, -0.05) is 0 Å². The van der Waals surface area contributed by atoms with Crippen molar-refractivity contribution in [1.29, 1.82) is 0 Å². The Kier molecular flexibility index (Phi) is 2.37. The van der Waals surface area contributed by atoms with Gasteiger partial charge >= 0.3 is 0 Å². The first-order chi connectivity index (χ1) is 6.70. The molecule has 0 spiro atoms. The monoisotopic (exact) mass is 196 g/mol. The number of rotatable bonds is 1. The highest BCUT2D eigenvalue weighted by Gasteiger charge is 2.21. The summed E-state index contributed by atoms with van der Waals surface area (Å²) in [5, 5.41) is 22.7. The number of nitrogens with zero attached hydrogens (tertiary/aromatic N) is 1. The molecule has 1 aliphatic heterocycles. The van der Waals surface area contributed by atoms with E-state index in [4.69, 9.17) is 0 Å². The maximum absolute atomic E-state index is 9.75. The zero-order valence-electron chi connectivity index (χ0n) is 8.32. The maximum Gasteiger partial charge on any atom is 0.197 e. The molecule has 0 radical (unpaired) electrons. The summed E-state index contributed by atoms with van der Waals surface area (Å²) in [5.74, 6) is 0.376. The molecule has 1 aromatic heterocycles. The first kappa shape index (κ1) is 9.40. The summed E-state index contributed by atoms with van der Waals surface area (Å²) in [6.45, 7) is 3.69. The molecule has 0 atom stereocenters. The molecule has 2 heterocycles. The lowest BCUT2D eigenvalue weighted by molar-refractivity contribution is 0.289. The zero-order valence-corrected chi connectivity index (χ0v) is 8.32. The summed E-state index contributed by atoms with van der Waals surface area (Å²) in [7, 11) is 0. The van der Waals surface area contributed by atoms with E-state index in [9.17, 15) is 10.2 Å². The van der Waals surface area contributed by atoms with Gasteiger partial charge in [0.2, 0.25) is 0 Å². The SMILES string of the molecule is Cc1cc(O)n(C2CCNCC2)c1O. The van der Waals surface area contributed by atoms with E-state index in [1.807, 2.05) is 0 Å². The highest BCUT2D eigenvalue weighted by atomic mass is 16.3. The molecule has 3 N–H and O–H groups in total. The van der Waals surface area contributed by atoms with Gasteiger partial charge in [-0.25, -0.2) is 0 Å². The number of aromatic hydroxyl groups is 2. The van der Waals surface area contributed by atoms with Gasteiger partial charge in [-0.15, -0.1) is 0 Å². The Hall–Kier alpha value is -1.16. The molecule has 1 saturated heterocycles. The minimum absolute atomic E-state index is 0.173. The second kappa shape index (κ2) is 3.53. The van der Waals surface area contributed by atoms with Crippen LogP contribution in [0.15, 0.2) is 6.07 Å². The fourth-order valence-electron chi connectivity index (χ4n) is 2.05. The number of nitrogens with one attached hydrogen (secondary N) is 1. The lowest BCUT2D eigenvalue weighted by atomic mass is 10.1. The van der Waals surface area contributed by atoms with Crippen LogP contribution in [-0.2, 0) is 0 Å². The van der Waals surface area contributed by atoms with Crippen molar-refractivity contribution in [3.63, 3.8) is 0 Å². The van der Waals surface area contributed by atoms with Crippen molar-refractivity contribution in [3.05, 3.63) is 11.6 Å². The van der Waals surface area contributed by atoms with Gasteiger partial charge in [0, 0.05) is 17.7 Å². The molecule has 0 unspecified atom stereocenters. The molecule has 1 aromatic rings. The van der Waals surface area contributed by atoms with E-state index in [0.717, 1.165) is 31.5 Å². The van der Waals surface area contributed by atoms with Crippen LogP contribution in [0.1, 0.15) is 24.4 Å². The highest BCUT2D eigenvalue weighted by molar-refractivity contribution is 5.34. The molecule has 0 aliphatic carbocycles.